The summed E-state index contributed by atoms with van der Waals surface area (Å²) in [7, 11) is -1.54. The first-order valence-electron chi connectivity index (χ1n) is 11.3. The molecule has 0 aliphatic carbocycles. The summed E-state index contributed by atoms with van der Waals surface area (Å²) >= 11 is 13.3. The highest BCUT2D eigenvalue weighted by Crippen LogP contribution is 2.37. The molecule has 0 bridgehead atoms. The van der Waals surface area contributed by atoms with E-state index in [9.17, 15) is 13.2 Å². The van der Waals surface area contributed by atoms with Gasteiger partial charge in [0.05, 0.1) is 32.4 Å². The number of carbonyl (C=O) groups is 1. The van der Waals surface area contributed by atoms with Crippen molar-refractivity contribution in [3.63, 3.8) is 0 Å². The van der Waals surface area contributed by atoms with Gasteiger partial charge in [0.1, 0.15) is 5.82 Å². The van der Waals surface area contributed by atoms with Crippen LogP contribution >= 0.6 is 23.2 Å². The Kier molecular flexibility index (Phi) is 6.41. The second-order valence-electron chi connectivity index (χ2n) is 8.86. The molecule has 0 saturated carbocycles. The van der Waals surface area contributed by atoms with Crippen LogP contribution in [0.2, 0.25) is 10.0 Å². The second-order valence-corrected chi connectivity index (χ2v) is 11.7. The first-order chi connectivity index (χ1) is 17.1. The van der Waals surface area contributed by atoms with Crippen molar-refractivity contribution >= 4 is 38.9 Å². The van der Waals surface area contributed by atoms with E-state index in [2.05, 4.69) is 0 Å². The van der Waals surface area contributed by atoms with Crippen molar-refractivity contribution in [3.05, 3.63) is 88.7 Å². The molecule has 6 nitrogen and oxygen atoms in total. The van der Waals surface area contributed by atoms with Crippen molar-refractivity contribution in [1.29, 1.82) is 0 Å². The number of sulfone groups is 1. The number of aromatic nitrogens is 2. The molecular weight excluding hydrogens is 517 g/mol. The summed E-state index contributed by atoms with van der Waals surface area (Å²) in [6.45, 7) is 0. The highest BCUT2D eigenvalue weighted by atomic mass is 35.5. The number of hydrogen-bond donors (Lipinski definition) is 0. The lowest BCUT2D eigenvalue weighted by atomic mass is 10.1. The molecule has 0 N–H and O–H groups in total. The highest BCUT2D eigenvalue weighted by molar-refractivity contribution is 7.90. The Bertz CT molecular complexity index is 1600. The minimum Gasteiger partial charge on any atom is -0.337 e. The number of nitrogens with zero attached hydrogens (tertiary/aromatic N) is 3. The fraction of sp³-hybridized carbons (Fsp3) is 0.185. The van der Waals surface area contributed by atoms with E-state index in [4.69, 9.17) is 28.2 Å². The molecule has 0 radical (unpaired) electrons. The SMILES string of the molecule is CN1C(=O)CCC1c1cn(-c2ccc(-c3cccc(S(C)(=O)=O)c3)cc2Cl)c(-c2ccccc2Cl)n1. The number of benzene rings is 3. The van der Waals surface area contributed by atoms with E-state index >= 15 is 0 Å². The van der Waals surface area contributed by atoms with Gasteiger partial charge in [0.15, 0.2) is 9.84 Å². The van der Waals surface area contributed by atoms with Gasteiger partial charge in [0.25, 0.3) is 0 Å². The molecule has 5 rings (SSSR count). The van der Waals surface area contributed by atoms with Crippen LogP contribution in [-0.4, -0.2) is 42.1 Å². The number of amides is 1. The van der Waals surface area contributed by atoms with E-state index in [0.717, 1.165) is 22.4 Å². The van der Waals surface area contributed by atoms with Crippen LogP contribution in [-0.2, 0) is 14.6 Å². The summed E-state index contributed by atoms with van der Waals surface area (Å²) in [4.78, 5) is 19.0. The van der Waals surface area contributed by atoms with Crippen LogP contribution < -0.4 is 0 Å². The van der Waals surface area contributed by atoms with Crippen LogP contribution in [0.25, 0.3) is 28.2 Å². The highest BCUT2D eigenvalue weighted by Gasteiger charge is 2.32. The quantitative estimate of drug-likeness (QED) is 0.302. The largest absolute Gasteiger partial charge is 0.337 e. The van der Waals surface area contributed by atoms with Gasteiger partial charge in [-0.15, -0.1) is 0 Å². The molecule has 184 valence electrons. The standard InChI is InChI=1S/C27H23Cl2N3O3S/c1-31-25(12-13-26(31)33)23-16-32(27(30-23)20-8-3-4-9-21(20)28)24-11-10-18(15-22(24)29)17-6-5-7-19(14-17)36(2,34)35/h3-11,14-16,25H,12-13H2,1-2H3. The number of rotatable bonds is 5. The summed E-state index contributed by atoms with van der Waals surface area (Å²) < 4.78 is 25.9. The van der Waals surface area contributed by atoms with E-state index in [0.29, 0.717) is 34.4 Å². The third-order valence-electron chi connectivity index (χ3n) is 6.48. The molecule has 1 saturated heterocycles. The van der Waals surface area contributed by atoms with Gasteiger partial charge in [0, 0.05) is 31.5 Å². The Morgan fingerprint density at radius 2 is 1.69 bits per heavy atom. The maximum atomic E-state index is 12.2. The molecule has 9 heteroatoms. The average Bonchev–Trinajstić information content (AvgIpc) is 3.42. The summed E-state index contributed by atoms with van der Waals surface area (Å²) in [5.41, 5.74) is 3.74. The molecule has 1 aliphatic heterocycles. The number of carbonyl (C=O) groups excluding carboxylic acids is 1. The number of halogens is 2. The molecule has 2 heterocycles. The summed E-state index contributed by atoms with van der Waals surface area (Å²) in [6.07, 6.45) is 4.27. The maximum absolute atomic E-state index is 12.2. The van der Waals surface area contributed by atoms with Crippen LogP contribution in [0.15, 0.2) is 77.8 Å². The third-order valence-corrected chi connectivity index (χ3v) is 8.22. The molecule has 3 aromatic carbocycles. The first-order valence-corrected chi connectivity index (χ1v) is 14.0. The zero-order chi connectivity index (χ0) is 25.6. The van der Waals surface area contributed by atoms with Crippen LogP contribution in [0.4, 0.5) is 0 Å². The molecule has 1 unspecified atom stereocenters. The fourth-order valence-electron chi connectivity index (χ4n) is 4.51. The predicted molar refractivity (Wildman–Crippen MR) is 142 cm³/mol. The first kappa shape index (κ1) is 24.6. The van der Waals surface area contributed by atoms with Gasteiger partial charge in [-0.1, -0.05) is 53.5 Å². The minimum atomic E-state index is -3.33. The van der Waals surface area contributed by atoms with Gasteiger partial charge in [-0.2, -0.15) is 0 Å². The Hall–Kier alpha value is -3.13. The van der Waals surface area contributed by atoms with Gasteiger partial charge in [0.2, 0.25) is 5.91 Å². The molecule has 1 atom stereocenters. The molecule has 1 fully saturated rings. The monoisotopic (exact) mass is 539 g/mol. The lowest BCUT2D eigenvalue weighted by Crippen LogP contribution is -2.22. The van der Waals surface area contributed by atoms with E-state index in [1.54, 1.807) is 42.3 Å². The average molecular weight is 540 g/mol. The summed E-state index contributed by atoms with van der Waals surface area (Å²) in [5.74, 6) is 0.713. The smallest absolute Gasteiger partial charge is 0.222 e. The molecular formula is C27H23Cl2N3O3S. The van der Waals surface area contributed by atoms with Crippen LogP contribution in [0.3, 0.4) is 0 Å². The predicted octanol–water partition coefficient (Wildman–Crippen LogP) is 6.21. The maximum Gasteiger partial charge on any atom is 0.222 e. The second kappa shape index (κ2) is 9.39. The number of imidazole rings is 1. The summed E-state index contributed by atoms with van der Waals surface area (Å²) in [5, 5.41) is 1.02. The van der Waals surface area contributed by atoms with E-state index in [-0.39, 0.29) is 16.8 Å². The topological polar surface area (TPSA) is 72.3 Å². The molecule has 1 aromatic heterocycles. The normalized spacial score (nSPS) is 16.1. The Balaban J connectivity index is 1.62. The Labute approximate surface area is 220 Å². The molecule has 1 amide bonds. The van der Waals surface area contributed by atoms with Crippen molar-refractivity contribution in [2.45, 2.75) is 23.8 Å². The van der Waals surface area contributed by atoms with Crippen molar-refractivity contribution in [3.8, 4) is 28.2 Å². The number of likely N-dealkylation sites (tertiary alicyclic amines) is 1. The van der Waals surface area contributed by atoms with Gasteiger partial charge >= 0.3 is 0 Å². The van der Waals surface area contributed by atoms with Crippen LogP contribution in [0.1, 0.15) is 24.6 Å². The van der Waals surface area contributed by atoms with E-state index in [1.807, 2.05) is 47.2 Å². The zero-order valence-corrected chi connectivity index (χ0v) is 22.0. The minimum absolute atomic E-state index is 0.0903. The molecule has 0 spiro atoms. The van der Waals surface area contributed by atoms with Gasteiger partial charge in [-0.25, -0.2) is 13.4 Å². The van der Waals surface area contributed by atoms with Crippen LogP contribution in [0, 0.1) is 0 Å². The van der Waals surface area contributed by atoms with E-state index in [1.165, 1.54) is 6.26 Å². The Morgan fingerprint density at radius 1 is 0.944 bits per heavy atom. The van der Waals surface area contributed by atoms with E-state index < -0.39 is 9.84 Å². The van der Waals surface area contributed by atoms with Crippen LogP contribution in [0.5, 0.6) is 0 Å². The van der Waals surface area contributed by atoms with Gasteiger partial charge < -0.3 is 4.90 Å². The lowest BCUT2D eigenvalue weighted by Gasteiger charge is -2.17. The Morgan fingerprint density at radius 3 is 2.36 bits per heavy atom. The third kappa shape index (κ3) is 4.54. The van der Waals surface area contributed by atoms with Crippen molar-refractivity contribution in [2.75, 3.05) is 13.3 Å². The fourth-order valence-corrected chi connectivity index (χ4v) is 5.67. The number of hydrogen-bond acceptors (Lipinski definition) is 4. The molecule has 1 aliphatic rings. The van der Waals surface area contributed by atoms with Crippen molar-refractivity contribution in [1.82, 2.24) is 14.5 Å². The lowest BCUT2D eigenvalue weighted by molar-refractivity contribution is -0.127. The van der Waals surface area contributed by atoms with Gasteiger partial charge in [-0.05, 0) is 53.9 Å². The molecule has 36 heavy (non-hydrogen) atoms. The summed E-state index contributed by atoms with van der Waals surface area (Å²) in [6, 6.07) is 19.7. The molecule has 4 aromatic rings. The van der Waals surface area contributed by atoms with Crippen molar-refractivity contribution < 1.29 is 13.2 Å². The zero-order valence-electron chi connectivity index (χ0n) is 19.7. The van der Waals surface area contributed by atoms with Gasteiger partial charge in [-0.3, -0.25) is 9.36 Å². The van der Waals surface area contributed by atoms with Crippen molar-refractivity contribution in [2.24, 2.45) is 0 Å².